The Morgan fingerprint density at radius 2 is 2.18 bits per heavy atom. The number of methoxy groups -OCH3 is 1. The number of benzene rings is 1. The molecule has 3 unspecified atom stereocenters. The summed E-state index contributed by atoms with van der Waals surface area (Å²) < 4.78 is 5.26. The highest BCUT2D eigenvalue weighted by molar-refractivity contribution is 5.30. The number of nitrogens with two attached hydrogens (primary N) is 1. The average molecular weight is 233 g/mol. The van der Waals surface area contributed by atoms with Gasteiger partial charge in [-0.2, -0.15) is 0 Å². The third-order valence-corrected chi connectivity index (χ3v) is 3.96. The monoisotopic (exact) mass is 233 g/mol. The molecular weight excluding hydrogens is 210 g/mol. The van der Waals surface area contributed by atoms with Crippen molar-refractivity contribution >= 4 is 0 Å². The van der Waals surface area contributed by atoms with Gasteiger partial charge in [-0.1, -0.05) is 31.9 Å². The van der Waals surface area contributed by atoms with Crippen LogP contribution in [0.15, 0.2) is 24.3 Å². The Balaban J connectivity index is 2.09. The maximum absolute atomic E-state index is 6.40. The van der Waals surface area contributed by atoms with Gasteiger partial charge >= 0.3 is 0 Å². The molecule has 0 saturated heterocycles. The van der Waals surface area contributed by atoms with Crippen molar-refractivity contribution in [3.05, 3.63) is 29.8 Å². The lowest BCUT2D eigenvalue weighted by atomic mass is 9.77. The zero-order valence-electron chi connectivity index (χ0n) is 10.9. The normalized spacial score (nSPS) is 26.5. The highest BCUT2D eigenvalue weighted by atomic mass is 16.5. The summed E-state index contributed by atoms with van der Waals surface area (Å²) in [5, 5.41) is 0. The van der Waals surface area contributed by atoms with E-state index in [9.17, 15) is 0 Å². The van der Waals surface area contributed by atoms with Crippen molar-refractivity contribution in [2.45, 2.75) is 38.6 Å². The number of hydrogen-bond donors (Lipinski definition) is 1. The first-order chi connectivity index (χ1) is 8.20. The van der Waals surface area contributed by atoms with Gasteiger partial charge in [-0.25, -0.2) is 0 Å². The standard InChI is InChI=1S/C15H23NO/c1-11-5-3-6-12(9-11)15(16)13-7-4-8-14(10-13)17-2/h4,7-8,10-12,15H,3,5-6,9,16H2,1-2H3. The summed E-state index contributed by atoms with van der Waals surface area (Å²) in [5.41, 5.74) is 7.61. The zero-order valence-corrected chi connectivity index (χ0v) is 10.9. The van der Waals surface area contributed by atoms with E-state index in [1.807, 2.05) is 12.1 Å². The predicted octanol–water partition coefficient (Wildman–Crippen LogP) is 3.52. The first kappa shape index (κ1) is 12.4. The average Bonchev–Trinajstić information content (AvgIpc) is 2.38. The summed E-state index contributed by atoms with van der Waals surface area (Å²) in [5.74, 6) is 2.36. The molecule has 1 aliphatic carbocycles. The van der Waals surface area contributed by atoms with Crippen LogP contribution in [-0.4, -0.2) is 7.11 Å². The molecule has 1 fully saturated rings. The lowest BCUT2D eigenvalue weighted by Gasteiger charge is -2.31. The largest absolute Gasteiger partial charge is 0.497 e. The Hall–Kier alpha value is -1.02. The van der Waals surface area contributed by atoms with Crippen molar-refractivity contribution in [3.8, 4) is 5.75 Å². The minimum Gasteiger partial charge on any atom is -0.497 e. The van der Waals surface area contributed by atoms with Gasteiger partial charge in [0.15, 0.2) is 0 Å². The van der Waals surface area contributed by atoms with Crippen LogP contribution in [0.3, 0.4) is 0 Å². The Kier molecular flexibility index (Phi) is 4.06. The highest BCUT2D eigenvalue weighted by Gasteiger charge is 2.25. The van der Waals surface area contributed by atoms with Gasteiger partial charge in [0.1, 0.15) is 5.75 Å². The van der Waals surface area contributed by atoms with Gasteiger partial charge in [0.25, 0.3) is 0 Å². The Labute approximate surface area is 104 Å². The van der Waals surface area contributed by atoms with Gasteiger partial charge in [0.2, 0.25) is 0 Å². The smallest absolute Gasteiger partial charge is 0.119 e. The second kappa shape index (κ2) is 5.54. The van der Waals surface area contributed by atoms with E-state index in [1.54, 1.807) is 7.11 Å². The summed E-state index contributed by atoms with van der Waals surface area (Å²) in [4.78, 5) is 0. The third-order valence-electron chi connectivity index (χ3n) is 3.96. The number of rotatable bonds is 3. The quantitative estimate of drug-likeness (QED) is 0.867. The van der Waals surface area contributed by atoms with Crippen LogP contribution in [0.2, 0.25) is 0 Å². The molecule has 1 saturated carbocycles. The molecule has 0 bridgehead atoms. The molecule has 0 amide bonds. The summed E-state index contributed by atoms with van der Waals surface area (Å²) >= 11 is 0. The van der Waals surface area contributed by atoms with Crippen molar-refractivity contribution in [1.82, 2.24) is 0 Å². The summed E-state index contributed by atoms with van der Waals surface area (Å²) in [6, 6.07) is 8.35. The third kappa shape index (κ3) is 3.01. The second-order valence-corrected chi connectivity index (χ2v) is 5.33. The van der Waals surface area contributed by atoms with Crippen molar-refractivity contribution in [2.75, 3.05) is 7.11 Å². The van der Waals surface area contributed by atoms with Gasteiger partial charge in [-0.05, 0) is 42.4 Å². The van der Waals surface area contributed by atoms with Gasteiger partial charge in [0.05, 0.1) is 7.11 Å². The Morgan fingerprint density at radius 1 is 1.35 bits per heavy atom. The Morgan fingerprint density at radius 3 is 2.88 bits per heavy atom. The molecule has 0 heterocycles. The molecule has 0 aromatic heterocycles. The summed E-state index contributed by atoms with van der Waals surface area (Å²) in [6.07, 6.45) is 5.21. The number of hydrogen-bond acceptors (Lipinski definition) is 2. The molecule has 2 N–H and O–H groups in total. The molecule has 2 heteroatoms. The second-order valence-electron chi connectivity index (χ2n) is 5.33. The van der Waals surface area contributed by atoms with Crippen LogP contribution in [0.1, 0.15) is 44.2 Å². The van der Waals surface area contributed by atoms with Crippen molar-refractivity contribution < 1.29 is 4.74 Å². The highest BCUT2D eigenvalue weighted by Crippen LogP contribution is 2.36. The lowest BCUT2D eigenvalue weighted by molar-refractivity contribution is 0.247. The van der Waals surface area contributed by atoms with Crippen molar-refractivity contribution in [1.29, 1.82) is 0 Å². The first-order valence-electron chi connectivity index (χ1n) is 6.60. The first-order valence-corrected chi connectivity index (χ1v) is 6.60. The molecule has 1 aromatic carbocycles. The molecule has 2 rings (SSSR count). The van der Waals surface area contributed by atoms with E-state index in [0.717, 1.165) is 11.7 Å². The van der Waals surface area contributed by atoms with E-state index in [2.05, 4.69) is 19.1 Å². The molecule has 1 aliphatic rings. The molecular formula is C15H23NO. The van der Waals surface area contributed by atoms with Crippen LogP contribution in [0, 0.1) is 11.8 Å². The summed E-state index contributed by atoms with van der Waals surface area (Å²) in [6.45, 7) is 2.34. The van der Waals surface area contributed by atoms with E-state index >= 15 is 0 Å². The molecule has 17 heavy (non-hydrogen) atoms. The van der Waals surface area contributed by atoms with E-state index in [1.165, 1.54) is 31.2 Å². The fourth-order valence-electron chi connectivity index (χ4n) is 2.93. The minimum absolute atomic E-state index is 0.160. The van der Waals surface area contributed by atoms with E-state index < -0.39 is 0 Å². The van der Waals surface area contributed by atoms with Crippen LogP contribution in [0.25, 0.3) is 0 Å². The molecule has 3 atom stereocenters. The van der Waals surface area contributed by atoms with E-state index in [0.29, 0.717) is 5.92 Å². The van der Waals surface area contributed by atoms with Gasteiger partial charge < -0.3 is 10.5 Å². The molecule has 0 radical (unpaired) electrons. The van der Waals surface area contributed by atoms with Crippen LogP contribution in [-0.2, 0) is 0 Å². The molecule has 1 aromatic rings. The van der Waals surface area contributed by atoms with Crippen LogP contribution in [0.4, 0.5) is 0 Å². The summed E-state index contributed by atoms with van der Waals surface area (Å²) in [7, 11) is 1.70. The van der Waals surface area contributed by atoms with Crippen molar-refractivity contribution in [2.24, 2.45) is 17.6 Å². The molecule has 94 valence electrons. The fourth-order valence-corrected chi connectivity index (χ4v) is 2.93. The molecule has 0 spiro atoms. The maximum atomic E-state index is 6.40. The number of ether oxygens (including phenoxy) is 1. The van der Waals surface area contributed by atoms with E-state index in [-0.39, 0.29) is 6.04 Å². The predicted molar refractivity (Wildman–Crippen MR) is 71.0 cm³/mol. The molecule has 0 aliphatic heterocycles. The topological polar surface area (TPSA) is 35.2 Å². The lowest BCUT2D eigenvalue weighted by Crippen LogP contribution is -2.26. The minimum atomic E-state index is 0.160. The SMILES string of the molecule is COc1cccc(C(N)C2CCCC(C)C2)c1. The van der Waals surface area contributed by atoms with Crippen LogP contribution >= 0.6 is 0 Å². The maximum Gasteiger partial charge on any atom is 0.119 e. The zero-order chi connectivity index (χ0) is 12.3. The van der Waals surface area contributed by atoms with Gasteiger partial charge in [-0.15, -0.1) is 0 Å². The fraction of sp³-hybridized carbons (Fsp3) is 0.600. The van der Waals surface area contributed by atoms with E-state index in [4.69, 9.17) is 10.5 Å². The van der Waals surface area contributed by atoms with Gasteiger partial charge in [-0.3, -0.25) is 0 Å². The van der Waals surface area contributed by atoms with Crippen LogP contribution in [0.5, 0.6) is 5.75 Å². The Bertz CT molecular complexity index is 364. The van der Waals surface area contributed by atoms with Crippen molar-refractivity contribution in [3.63, 3.8) is 0 Å². The van der Waals surface area contributed by atoms with Crippen LogP contribution < -0.4 is 10.5 Å². The molecule has 2 nitrogen and oxygen atoms in total. The van der Waals surface area contributed by atoms with Gasteiger partial charge in [0, 0.05) is 6.04 Å².